The zero-order valence-corrected chi connectivity index (χ0v) is 10.6. The maximum Gasteiger partial charge on any atom is 0.227 e. The second-order valence-electron chi connectivity index (χ2n) is 3.91. The van der Waals surface area contributed by atoms with E-state index in [0.29, 0.717) is 5.95 Å². The van der Waals surface area contributed by atoms with Crippen LogP contribution in [0.4, 0.5) is 11.6 Å². The highest BCUT2D eigenvalue weighted by Gasteiger charge is 2.07. The Morgan fingerprint density at radius 2 is 1.82 bits per heavy atom. The lowest BCUT2D eigenvalue weighted by Crippen LogP contribution is -2.00. The van der Waals surface area contributed by atoms with Crippen LogP contribution in [0.5, 0.6) is 0 Å². The molecule has 0 saturated carbocycles. The normalized spacial score (nSPS) is 12.2. The van der Waals surface area contributed by atoms with Gasteiger partial charge >= 0.3 is 0 Å². The predicted molar refractivity (Wildman–Crippen MR) is 70.8 cm³/mol. The molecule has 17 heavy (non-hydrogen) atoms. The molecule has 1 N–H and O–H groups in total. The first-order chi connectivity index (χ1) is 8.16. The van der Waals surface area contributed by atoms with Gasteiger partial charge in [-0.1, -0.05) is 18.2 Å². The summed E-state index contributed by atoms with van der Waals surface area (Å²) in [6.07, 6.45) is 3.56. The quantitative estimate of drug-likeness (QED) is 0.838. The maximum atomic E-state index is 6.12. The summed E-state index contributed by atoms with van der Waals surface area (Å²) in [4.78, 5) is 8.42. The van der Waals surface area contributed by atoms with E-state index in [9.17, 15) is 0 Å². The number of alkyl halides is 1. The number of benzene rings is 1. The zero-order valence-electron chi connectivity index (χ0n) is 9.81. The number of hydrogen-bond donors (Lipinski definition) is 1. The van der Waals surface area contributed by atoms with E-state index in [1.165, 1.54) is 0 Å². The highest BCUT2D eigenvalue weighted by molar-refractivity contribution is 6.21. The first kappa shape index (κ1) is 11.9. The van der Waals surface area contributed by atoms with Crippen molar-refractivity contribution in [2.24, 2.45) is 0 Å². The summed E-state index contributed by atoms with van der Waals surface area (Å²) in [6, 6.07) is 7.89. The van der Waals surface area contributed by atoms with E-state index in [-0.39, 0.29) is 5.38 Å². The van der Waals surface area contributed by atoms with Gasteiger partial charge in [-0.25, -0.2) is 9.97 Å². The van der Waals surface area contributed by atoms with E-state index in [1.807, 2.05) is 38.1 Å². The molecule has 2 rings (SSSR count). The van der Waals surface area contributed by atoms with E-state index >= 15 is 0 Å². The van der Waals surface area contributed by atoms with E-state index in [4.69, 9.17) is 11.6 Å². The molecule has 0 aliphatic carbocycles. The minimum atomic E-state index is -0.0517. The molecule has 0 saturated heterocycles. The lowest BCUT2D eigenvalue weighted by atomic mass is 10.1. The van der Waals surface area contributed by atoms with E-state index in [1.54, 1.807) is 12.4 Å². The first-order valence-corrected chi connectivity index (χ1v) is 5.89. The fourth-order valence-electron chi connectivity index (χ4n) is 1.54. The molecule has 1 aromatic carbocycles. The second kappa shape index (κ2) is 5.15. The molecule has 0 radical (unpaired) electrons. The lowest BCUT2D eigenvalue weighted by molar-refractivity contribution is 1.07. The van der Waals surface area contributed by atoms with Gasteiger partial charge in [0.25, 0.3) is 0 Å². The molecule has 0 aliphatic heterocycles. The molecule has 0 aliphatic rings. The van der Waals surface area contributed by atoms with Gasteiger partial charge in [0.15, 0.2) is 0 Å². The molecule has 1 heterocycles. The Balaban J connectivity index is 2.26. The van der Waals surface area contributed by atoms with Gasteiger partial charge in [0, 0.05) is 18.1 Å². The Bertz CT molecular complexity index is 494. The number of rotatable bonds is 3. The van der Waals surface area contributed by atoms with Crippen LogP contribution in [0.15, 0.2) is 36.7 Å². The van der Waals surface area contributed by atoms with Crippen LogP contribution in [0.25, 0.3) is 0 Å². The maximum absolute atomic E-state index is 6.12. The number of aromatic nitrogens is 2. The number of nitrogens with zero attached hydrogens (tertiary/aromatic N) is 2. The Hall–Kier alpha value is -1.61. The second-order valence-corrected chi connectivity index (χ2v) is 4.57. The van der Waals surface area contributed by atoms with Crippen LogP contribution < -0.4 is 5.32 Å². The number of halogens is 1. The first-order valence-electron chi connectivity index (χ1n) is 5.45. The molecule has 1 unspecified atom stereocenters. The summed E-state index contributed by atoms with van der Waals surface area (Å²) in [5.74, 6) is 0.584. The van der Waals surface area contributed by atoms with Crippen molar-refractivity contribution in [2.45, 2.75) is 19.2 Å². The molecule has 0 fully saturated rings. The minimum absolute atomic E-state index is 0.0517. The van der Waals surface area contributed by atoms with Crippen LogP contribution in [0.1, 0.15) is 23.4 Å². The number of anilines is 2. The van der Waals surface area contributed by atoms with Crippen molar-refractivity contribution in [1.82, 2.24) is 9.97 Å². The molecule has 0 bridgehead atoms. The number of nitrogens with one attached hydrogen (secondary N) is 1. The average molecular weight is 248 g/mol. The summed E-state index contributed by atoms with van der Waals surface area (Å²) < 4.78 is 0. The SMILES string of the molecule is Cc1cnc(Nc2ccccc2C(C)Cl)nc1. The van der Waals surface area contributed by atoms with E-state index < -0.39 is 0 Å². The summed E-state index contributed by atoms with van der Waals surface area (Å²) >= 11 is 6.12. The third-order valence-electron chi connectivity index (χ3n) is 2.42. The van der Waals surface area contributed by atoms with E-state index in [2.05, 4.69) is 15.3 Å². The van der Waals surface area contributed by atoms with Gasteiger partial charge in [0.2, 0.25) is 5.95 Å². The van der Waals surface area contributed by atoms with Crippen molar-refractivity contribution < 1.29 is 0 Å². The summed E-state index contributed by atoms with van der Waals surface area (Å²) in [7, 11) is 0. The average Bonchev–Trinajstić information content (AvgIpc) is 2.32. The molecule has 1 aromatic heterocycles. The predicted octanol–water partition coefficient (Wildman–Crippen LogP) is 3.83. The van der Waals surface area contributed by atoms with Crippen molar-refractivity contribution in [3.05, 3.63) is 47.8 Å². The van der Waals surface area contributed by atoms with Crippen LogP contribution in [0.2, 0.25) is 0 Å². The Labute approximate surface area is 106 Å². The topological polar surface area (TPSA) is 37.8 Å². The molecule has 1 atom stereocenters. The van der Waals surface area contributed by atoms with Gasteiger partial charge in [-0.3, -0.25) is 0 Å². The highest BCUT2D eigenvalue weighted by Crippen LogP contribution is 2.28. The van der Waals surface area contributed by atoms with Crippen molar-refractivity contribution in [3.63, 3.8) is 0 Å². The molecular weight excluding hydrogens is 234 g/mol. The third-order valence-corrected chi connectivity index (χ3v) is 2.65. The fourth-order valence-corrected chi connectivity index (χ4v) is 1.73. The number of hydrogen-bond acceptors (Lipinski definition) is 3. The standard InChI is InChI=1S/C13H14ClN3/c1-9-7-15-13(16-8-9)17-12-6-4-3-5-11(12)10(2)14/h3-8,10H,1-2H3,(H,15,16,17). The van der Waals surface area contributed by atoms with Gasteiger partial charge in [0.1, 0.15) is 0 Å². The molecule has 4 heteroatoms. The molecule has 2 aromatic rings. The van der Waals surface area contributed by atoms with Crippen molar-refractivity contribution >= 4 is 23.2 Å². The van der Waals surface area contributed by atoms with Crippen LogP contribution >= 0.6 is 11.6 Å². The Kier molecular flexibility index (Phi) is 3.59. The zero-order chi connectivity index (χ0) is 12.3. The molecule has 3 nitrogen and oxygen atoms in total. The van der Waals surface area contributed by atoms with Crippen LogP contribution in [-0.2, 0) is 0 Å². The molecular formula is C13H14ClN3. The minimum Gasteiger partial charge on any atom is -0.324 e. The molecule has 88 valence electrons. The summed E-state index contributed by atoms with van der Waals surface area (Å²) in [5.41, 5.74) is 3.02. The van der Waals surface area contributed by atoms with Crippen molar-refractivity contribution in [3.8, 4) is 0 Å². The van der Waals surface area contributed by atoms with Gasteiger partial charge in [0.05, 0.1) is 5.38 Å². The summed E-state index contributed by atoms with van der Waals surface area (Å²) in [6.45, 7) is 3.90. The molecule has 0 spiro atoms. The van der Waals surface area contributed by atoms with Gasteiger partial charge in [-0.2, -0.15) is 0 Å². The third kappa shape index (κ3) is 2.94. The van der Waals surface area contributed by atoms with Crippen LogP contribution in [0, 0.1) is 6.92 Å². The monoisotopic (exact) mass is 247 g/mol. The summed E-state index contributed by atoms with van der Waals surface area (Å²) in [5, 5.41) is 3.12. The molecule has 0 amide bonds. The Morgan fingerprint density at radius 1 is 1.18 bits per heavy atom. The fraction of sp³-hybridized carbons (Fsp3) is 0.231. The number of aryl methyl sites for hydroxylation is 1. The number of para-hydroxylation sites is 1. The van der Waals surface area contributed by atoms with E-state index in [0.717, 1.165) is 16.8 Å². The smallest absolute Gasteiger partial charge is 0.227 e. The van der Waals surface area contributed by atoms with Crippen molar-refractivity contribution in [2.75, 3.05) is 5.32 Å². The van der Waals surface area contributed by atoms with Gasteiger partial charge in [-0.15, -0.1) is 11.6 Å². The van der Waals surface area contributed by atoms with Gasteiger partial charge in [-0.05, 0) is 31.0 Å². The highest BCUT2D eigenvalue weighted by atomic mass is 35.5. The largest absolute Gasteiger partial charge is 0.324 e. The van der Waals surface area contributed by atoms with Crippen LogP contribution in [-0.4, -0.2) is 9.97 Å². The lowest BCUT2D eigenvalue weighted by Gasteiger charge is -2.12. The van der Waals surface area contributed by atoms with Gasteiger partial charge < -0.3 is 5.32 Å². The van der Waals surface area contributed by atoms with Crippen molar-refractivity contribution in [1.29, 1.82) is 0 Å². The van der Waals surface area contributed by atoms with Crippen LogP contribution in [0.3, 0.4) is 0 Å². The Morgan fingerprint density at radius 3 is 2.47 bits per heavy atom.